The SMILES string of the molecule is [K+].[O-]P(OCc1ccccc1)OCc1ccccc1. The fourth-order valence-electron chi connectivity index (χ4n) is 1.44. The van der Waals surface area contributed by atoms with E-state index >= 15 is 0 Å². The fraction of sp³-hybridized carbons (Fsp3) is 0.143. The molecule has 5 heteroatoms. The van der Waals surface area contributed by atoms with E-state index in [9.17, 15) is 4.89 Å². The van der Waals surface area contributed by atoms with Crippen LogP contribution in [0.4, 0.5) is 0 Å². The smallest absolute Gasteiger partial charge is 0.786 e. The molecular weight excluding hydrogens is 286 g/mol. The maximum Gasteiger partial charge on any atom is 1.00 e. The summed E-state index contributed by atoms with van der Waals surface area (Å²) in [6.07, 6.45) is 0. The van der Waals surface area contributed by atoms with Crippen molar-refractivity contribution in [1.29, 1.82) is 0 Å². The van der Waals surface area contributed by atoms with E-state index in [1.807, 2.05) is 60.7 Å². The average molecular weight is 300 g/mol. The number of benzene rings is 2. The second-order valence-electron chi connectivity index (χ2n) is 3.74. The van der Waals surface area contributed by atoms with Crippen molar-refractivity contribution in [2.45, 2.75) is 13.2 Å². The van der Waals surface area contributed by atoms with Gasteiger partial charge in [-0.05, 0) is 11.1 Å². The molecule has 0 N–H and O–H groups in total. The first-order chi connectivity index (χ1) is 8.84. The van der Waals surface area contributed by atoms with Crippen LogP contribution in [0.2, 0.25) is 0 Å². The van der Waals surface area contributed by atoms with Gasteiger partial charge in [-0.25, -0.2) is 0 Å². The molecule has 0 saturated heterocycles. The van der Waals surface area contributed by atoms with Gasteiger partial charge in [0.2, 0.25) is 0 Å². The van der Waals surface area contributed by atoms with Crippen molar-refractivity contribution < 1.29 is 65.3 Å². The molecule has 3 nitrogen and oxygen atoms in total. The van der Waals surface area contributed by atoms with E-state index in [4.69, 9.17) is 9.05 Å². The van der Waals surface area contributed by atoms with Gasteiger partial charge in [0.1, 0.15) is 0 Å². The third kappa shape index (κ3) is 7.09. The molecule has 0 unspecified atom stereocenters. The van der Waals surface area contributed by atoms with Crippen molar-refractivity contribution in [3.05, 3.63) is 71.8 Å². The van der Waals surface area contributed by atoms with E-state index in [0.29, 0.717) is 13.2 Å². The van der Waals surface area contributed by atoms with Gasteiger partial charge < -0.3 is 13.9 Å². The summed E-state index contributed by atoms with van der Waals surface area (Å²) in [5.41, 5.74) is 1.95. The Morgan fingerprint density at radius 3 is 1.47 bits per heavy atom. The van der Waals surface area contributed by atoms with Crippen molar-refractivity contribution >= 4 is 8.60 Å². The largest absolute Gasteiger partial charge is 1.00 e. The van der Waals surface area contributed by atoms with Crippen molar-refractivity contribution in [3.63, 3.8) is 0 Å². The molecule has 0 heterocycles. The maximum atomic E-state index is 11.5. The van der Waals surface area contributed by atoms with Crippen LogP contribution in [0, 0.1) is 0 Å². The summed E-state index contributed by atoms with van der Waals surface area (Å²) in [5, 5.41) is 0. The molecule has 0 radical (unpaired) electrons. The zero-order valence-corrected chi connectivity index (χ0v) is 14.9. The molecule has 0 saturated carbocycles. The predicted molar refractivity (Wildman–Crippen MR) is 69.4 cm³/mol. The topological polar surface area (TPSA) is 41.5 Å². The average Bonchev–Trinajstić information content (AvgIpc) is 2.45. The Balaban J connectivity index is 0.00000180. The molecule has 94 valence electrons. The second-order valence-corrected chi connectivity index (χ2v) is 4.71. The first kappa shape index (κ1) is 17.4. The van der Waals surface area contributed by atoms with Crippen LogP contribution >= 0.6 is 8.60 Å². The maximum absolute atomic E-state index is 11.5. The summed E-state index contributed by atoms with van der Waals surface area (Å²) in [6, 6.07) is 19.2. The van der Waals surface area contributed by atoms with Crippen molar-refractivity contribution in [2.24, 2.45) is 0 Å². The molecule has 2 aromatic carbocycles. The normalized spacial score (nSPS) is 10.2. The zero-order valence-electron chi connectivity index (χ0n) is 10.9. The molecule has 0 atom stereocenters. The monoisotopic (exact) mass is 300 g/mol. The molecule has 2 rings (SSSR count). The van der Waals surface area contributed by atoms with Crippen LogP contribution in [0.1, 0.15) is 11.1 Å². The van der Waals surface area contributed by atoms with E-state index in [-0.39, 0.29) is 51.4 Å². The van der Waals surface area contributed by atoms with Gasteiger partial charge in [-0.1, -0.05) is 60.7 Å². The van der Waals surface area contributed by atoms with Gasteiger partial charge in [-0.15, -0.1) is 0 Å². The van der Waals surface area contributed by atoms with Crippen LogP contribution < -0.4 is 56.3 Å². The Bertz CT molecular complexity index is 409. The van der Waals surface area contributed by atoms with Crippen molar-refractivity contribution in [2.75, 3.05) is 0 Å². The molecule has 19 heavy (non-hydrogen) atoms. The Kier molecular flexibility index (Phi) is 9.33. The summed E-state index contributed by atoms with van der Waals surface area (Å²) in [7, 11) is -2.08. The standard InChI is InChI=1S/C14H14O3P.K/c15-18(16-11-13-7-3-1-4-8-13)17-12-14-9-5-2-6-10-14;/h1-10H,11-12H2;/q-1;+1. The fourth-order valence-corrected chi connectivity index (χ4v) is 2.02. The Morgan fingerprint density at radius 2 is 1.11 bits per heavy atom. The third-order valence-electron chi connectivity index (χ3n) is 2.36. The van der Waals surface area contributed by atoms with Crippen LogP contribution in [-0.4, -0.2) is 0 Å². The van der Waals surface area contributed by atoms with Gasteiger partial charge in [0.05, 0.1) is 21.8 Å². The van der Waals surface area contributed by atoms with Crippen molar-refractivity contribution in [1.82, 2.24) is 0 Å². The van der Waals surface area contributed by atoms with Gasteiger partial charge in [-0.2, -0.15) is 0 Å². The summed E-state index contributed by atoms with van der Waals surface area (Å²) < 4.78 is 10.3. The molecule has 0 amide bonds. The van der Waals surface area contributed by atoms with Gasteiger partial charge in [0.25, 0.3) is 0 Å². The van der Waals surface area contributed by atoms with E-state index in [1.165, 1.54) is 0 Å². The van der Waals surface area contributed by atoms with Crippen LogP contribution in [0.25, 0.3) is 0 Å². The second kappa shape index (κ2) is 10.2. The minimum Gasteiger partial charge on any atom is -0.786 e. The number of rotatable bonds is 6. The van der Waals surface area contributed by atoms with Gasteiger partial charge in [-0.3, -0.25) is 0 Å². The molecule has 0 aliphatic rings. The Morgan fingerprint density at radius 1 is 0.737 bits per heavy atom. The summed E-state index contributed by atoms with van der Waals surface area (Å²) >= 11 is 0. The molecule has 2 aromatic rings. The quantitative estimate of drug-likeness (QED) is 0.557. The third-order valence-corrected chi connectivity index (χ3v) is 3.04. The summed E-state index contributed by atoms with van der Waals surface area (Å²) in [4.78, 5) is 11.5. The minimum atomic E-state index is -2.08. The zero-order chi connectivity index (χ0) is 12.6. The molecule has 0 fully saturated rings. The first-order valence-corrected chi connectivity index (χ1v) is 6.75. The van der Waals surface area contributed by atoms with Gasteiger partial charge in [0, 0.05) is 0 Å². The molecule has 0 bridgehead atoms. The minimum absolute atomic E-state index is 0. The van der Waals surface area contributed by atoms with E-state index in [2.05, 4.69) is 0 Å². The molecule has 0 spiro atoms. The van der Waals surface area contributed by atoms with E-state index in [1.54, 1.807) is 0 Å². The molecule has 0 aromatic heterocycles. The van der Waals surface area contributed by atoms with Gasteiger partial charge >= 0.3 is 51.4 Å². The van der Waals surface area contributed by atoms with E-state index in [0.717, 1.165) is 11.1 Å². The van der Waals surface area contributed by atoms with Gasteiger partial charge in [0.15, 0.2) is 0 Å². The van der Waals surface area contributed by atoms with E-state index < -0.39 is 8.60 Å². The first-order valence-electron chi connectivity index (χ1n) is 5.65. The number of hydrogen-bond donors (Lipinski definition) is 0. The predicted octanol–water partition coefficient (Wildman–Crippen LogP) is 0.0112. The van der Waals surface area contributed by atoms with Crippen LogP contribution in [0.15, 0.2) is 60.7 Å². The number of hydrogen-bond acceptors (Lipinski definition) is 3. The Hall–Kier alpha value is 0.386. The Labute approximate surface area is 157 Å². The molecular formula is C14H14KO3P. The molecule has 0 aliphatic heterocycles. The van der Waals surface area contributed by atoms with Crippen LogP contribution in [0.3, 0.4) is 0 Å². The van der Waals surface area contributed by atoms with Crippen LogP contribution in [-0.2, 0) is 22.3 Å². The molecule has 0 aliphatic carbocycles. The summed E-state index contributed by atoms with van der Waals surface area (Å²) in [6.45, 7) is 0.593. The summed E-state index contributed by atoms with van der Waals surface area (Å²) in [5.74, 6) is 0. The van der Waals surface area contributed by atoms with Crippen molar-refractivity contribution in [3.8, 4) is 0 Å². The van der Waals surface area contributed by atoms with Crippen LogP contribution in [0.5, 0.6) is 0 Å².